The number of aliphatic hydroxyl groups is 1. The molecule has 1 aromatic rings. The Balaban J connectivity index is 1.79. The summed E-state index contributed by atoms with van der Waals surface area (Å²) in [7, 11) is 2.18. The van der Waals surface area contributed by atoms with Crippen molar-refractivity contribution < 1.29 is 9.50 Å². The Labute approximate surface area is 113 Å². The molecule has 0 amide bonds. The summed E-state index contributed by atoms with van der Waals surface area (Å²) in [5.74, 6) is -0.230. The van der Waals surface area contributed by atoms with Gasteiger partial charge in [-0.05, 0) is 57.0 Å². The Hall–Kier alpha value is -1.13. The van der Waals surface area contributed by atoms with Gasteiger partial charge < -0.3 is 15.3 Å². The van der Waals surface area contributed by atoms with Crippen LogP contribution in [0.2, 0.25) is 0 Å². The standard InChI is InChI=1S/C15H21FN2O/c1-18-13-6-7-14(18)9-15(8-13,10-19)17-12-4-2-11(16)3-5-12/h2-5,13-14,17,19H,6-10H2,1H3. The van der Waals surface area contributed by atoms with Crippen LogP contribution in [0, 0.1) is 5.82 Å². The second-order valence-electron chi connectivity index (χ2n) is 6.03. The Morgan fingerprint density at radius 2 is 1.84 bits per heavy atom. The van der Waals surface area contributed by atoms with E-state index in [1.165, 1.54) is 25.0 Å². The smallest absolute Gasteiger partial charge is 0.123 e. The van der Waals surface area contributed by atoms with Crippen molar-refractivity contribution in [3.05, 3.63) is 30.1 Å². The quantitative estimate of drug-likeness (QED) is 0.878. The maximum Gasteiger partial charge on any atom is 0.123 e. The van der Waals surface area contributed by atoms with Crippen LogP contribution in [-0.2, 0) is 0 Å². The lowest BCUT2D eigenvalue weighted by Gasteiger charge is -2.45. The van der Waals surface area contributed by atoms with Crippen molar-refractivity contribution in [1.29, 1.82) is 0 Å². The highest BCUT2D eigenvalue weighted by atomic mass is 19.1. The number of anilines is 1. The number of hydrogen-bond acceptors (Lipinski definition) is 3. The average molecular weight is 264 g/mol. The van der Waals surface area contributed by atoms with Crippen molar-refractivity contribution >= 4 is 5.69 Å². The van der Waals surface area contributed by atoms with Crippen molar-refractivity contribution in [1.82, 2.24) is 4.90 Å². The first-order valence-corrected chi connectivity index (χ1v) is 6.98. The van der Waals surface area contributed by atoms with Gasteiger partial charge in [0.2, 0.25) is 0 Å². The van der Waals surface area contributed by atoms with E-state index in [2.05, 4.69) is 17.3 Å². The minimum Gasteiger partial charge on any atom is -0.394 e. The summed E-state index contributed by atoms with van der Waals surface area (Å²) in [5, 5.41) is 13.3. The molecule has 1 aromatic carbocycles. The van der Waals surface area contributed by atoms with E-state index in [1.54, 1.807) is 12.1 Å². The van der Waals surface area contributed by atoms with Gasteiger partial charge in [-0.2, -0.15) is 0 Å². The van der Waals surface area contributed by atoms with Gasteiger partial charge in [0.05, 0.1) is 12.1 Å². The molecule has 2 aliphatic heterocycles. The Morgan fingerprint density at radius 3 is 2.37 bits per heavy atom. The van der Waals surface area contributed by atoms with Crippen LogP contribution >= 0.6 is 0 Å². The highest BCUT2D eigenvalue weighted by Crippen LogP contribution is 2.41. The Kier molecular flexibility index (Phi) is 3.23. The molecule has 0 aliphatic carbocycles. The molecule has 0 saturated carbocycles. The van der Waals surface area contributed by atoms with E-state index in [9.17, 15) is 9.50 Å². The van der Waals surface area contributed by atoms with Crippen LogP contribution in [0.4, 0.5) is 10.1 Å². The predicted octanol–water partition coefficient (Wildman–Crippen LogP) is 2.23. The molecule has 2 fully saturated rings. The van der Waals surface area contributed by atoms with E-state index in [0.717, 1.165) is 18.5 Å². The molecule has 3 rings (SSSR count). The second-order valence-corrected chi connectivity index (χ2v) is 6.03. The molecule has 2 bridgehead atoms. The fourth-order valence-electron chi connectivity index (χ4n) is 3.68. The van der Waals surface area contributed by atoms with E-state index in [4.69, 9.17) is 0 Å². The number of halogens is 1. The highest BCUT2D eigenvalue weighted by molar-refractivity contribution is 5.46. The van der Waals surface area contributed by atoms with Crippen molar-refractivity contribution in [3.8, 4) is 0 Å². The molecule has 2 heterocycles. The van der Waals surface area contributed by atoms with Crippen LogP contribution in [0.3, 0.4) is 0 Å². The zero-order chi connectivity index (χ0) is 13.5. The van der Waals surface area contributed by atoms with Crippen LogP contribution < -0.4 is 5.32 Å². The minimum absolute atomic E-state index is 0.130. The van der Waals surface area contributed by atoms with E-state index in [1.807, 2.05) is 0 Å². The fourth-order valence-corrected chi connectivity index (χ4v) is 3.68. The third-order valence-corrected chi connectivity index (χ3v) is 4.79. The Morgan fingerprint density at radius 1 is 1.26 bits per heavy atom. The molecule has 0 spiro atoms. The molecule has 2 atom stereocenters. The van der Waals surface area contributed by atoms with Crippen LogP contribution in [0.15, 0.2) is 24.3 Å². The zero-order valence-electron chi connectivity index (χ0n) is 11.3. The molecule has 3 nitrogen and oxygen atoms in total. The van der Waals surface area contributed by atoms with Crippen LogP contribution in [0.5, 0.6) is 0 Å². The third-order valence-electron chi connectivity index (χ3n) is 4.79. The average Bonchev–Trinajstić information content (AvgIpc) is 2.65. The zero-order valence-corrected chi connectivity index (χ0v) is 11.3. The molecule has 2 aliphatic rings. The van der Waals surface area contributed by atoms with Gasteiger partial charge in [0, 0.05) is 17.8 Å². The number of aliphatic hydroxyl groups excluding tert-OH is 1. The first-order chi connectivity index (χ1) is 9.12. The van der Waals surface area contributed by atoms with Crippen molar-refractivity contribution in [2.75, 3.05) is 19.0 Å². The molecule has 2 N–H and O–H groups in total. The van der Waals surface area contributed by atoms with Gasteiger partial charge in [0.25, 0.3) is 0 Å². The summed E-state index contributed by atoms with van der Waals surface area (Å²) in [6.07, 6.45) is 4.34. The molecule has 4 heteroatoms. The summed E-state index contributed by atoms with van der Waals surface area (Å²) < 4.78 is 12.9. The van der Waals surface area contributed by atoms with Gasteiger partial charge in [0.1, 0.15) is 5.82 Å². The van der Waals surface area contributed by atoms with Gasteiger partial charge in [0.15, 0.2) is 0 Å². The molecule has 19 heavy (non-hydrogen) atoms. The van der Waals surface area contributed by atoms with E-state index in [-0.39, 0.29) is 18.0 Å². The third kappa shape index (κ3) is 2.35. The van der Waals surface area contributed by atoms with Crippen molar-refractivity contribution in [2.45, 2.75) is 43.3 Å². The SMILES string of the molecule is CN1C2CCC1CC(CO)(Nc1ccc(F)cc1)C2. The maximum atomic E-state index is 12.9. The highest BCUT2D eigenvalue weighted by Gasteiger charge is 2.46. The molecular formula is C15H21FN2O. The molecule has 0 aromatic heterocycles. The Bertz CT molecular complexity index is 434. The lowest BCUT2D eigenvalue weighted by Crippen LogP contribution is -2.55. The van der Waals surface area contributed by atoms with Gasteiger partial charge in [-0.25, -0.2) is 4.39 Å². The van der Waals surface area contributed by atoms with Crippen LogP contribution in [-0.4, -0.2) is 41.3 Å². The first-order valence-electron chi connectivity index (χ1n) is 6.98. The lowest BCUT2D eigenvalue weighted by molar-refractivity contribution is 0.0833. The van der Waals surface area contributed by atoms with Crippen LogP contribution in [0.1, 0.15) is 25.7 Å². The number of piperidine rings is 1. The van der Waals surface area contributed by atoms with Crippen molar-refractivity contribution in [3.63, 3.8) is 0 Å². The second kappa shape index (κ2) is 4.76. The topological polar surface area (TPSA) is 35.5 Å². The summed E-state index contributed by atoms with van der Waals surface area (Å²) >= 11 is 0. The summed E-state index contributed by atoms with van der Waals surface area (Å²) in [4.78, 5) is 2.44. The van der Waals surface area contributed by atoms with Gasteiger partial charge >= 0.3 is 0 Å². The number of benzene rings is 1. The maximum absolute atomic E-state index is 12.9. The van der Waals surface area contributed by atoms with E-state index in [0.29, 0.717) is 12.1 Å². The number of fused-ring (bicyclic) bond motifs is 2. The molecule has 2 saturated heterocycles. The van der Waals surface area contributed by atoms with E-state index >= 15 is 0 Å². The molecule has 0 radical (unpaired) electrons. The van der Waals surface area contributed by atoms with Gasteiger partial charge in [-0.1, -0.05) is 0 Å². The molecule has 104 valence electrons. The fraction of sp³-hybridized carbons (Fsp3) is 0.600. The number of nitrogens with zero attached hydrogens (tertiary/aromatic N) is 1. The van der Waals surface area contributed by atoms with Crippen molar-refractivity contribution in [2.24, 2.45) is 0 Å². The number of hydrogen-bond donors (Lipinski definition) is 2. The first kappa shape index (κ1) is 12.9. The summed E-state index contributed by atoms with van der Waals surface area (Å²) in [6, 6.07) is 7.51. The largest absolute Gasteiger partial charge is 0.394 e. The summed E-state index contributed by atoms with van der Waals surface area (Å²) in [6.45, 7) is 0.130. The number of rotatable bonds is 3. The van der Waals surface area contributed by atoms with Gasteiger partial charge in [-0.3, -0.25) is 0 Å². The number of nitrogens with one attached hydrogen (secondary N) is 1. The minimum atomic E-state index is -0.254. The van der Waals surface area contributed by atoms with Gasteiger partial charge in [-0.15, -0.1) is 0 Å². The van der Waals surface area contributed by atoms with E-state index < -0.39 is 0 Å². The molecular weight excluding hydrogens is 243 g/mol. The monoisotopic (exact) mass is 264 g/mol. The van der Waals surface area contributed by atoms with Crippen LogP contribution in [0.25, 0.3) is 0 Å². The molecule has 2 unspecified atom stereocenters. The normalized spacial score (nSPS) is 34.5. The predicted molar refractivity (Wildman–Crippen MR) is 73.6 cm³/mol. The lowest BCUT2D eigenvalue weighted by atomic mass is 9.83. The summed E-state index contributed by atoms with van der Waals surface area (Å²) in [5.41, 5.74) is 0.635.